The fourth-order valence-corrected chi connectivity index (χ4v) is 2.98. The summed E-state index contributed by atoms with van der Waals surface area (Å²) in [5.74, 6) is 4.79. The van der Waals surface area contributed by atoms with Gasteiger partial charge in [-0.2, -0.15) is 5.10 Å². The molecule has 2 heterocycles. The SMILES string of the molecule is CC(C)CC(C/C(N)=N/N)C(=O)O.Cc1ccc(C2CCNCC2)nc1. The zero-order chi connectivity index (χ0) is 19.5. The van der Waals surface area contributed by atoms with E-state index in [0.717, 1.165) is 13.1 Å². The molecule has 1 fully saturated rings. The Morgan fingerprint density at radius 2 is 2.04 bits per heavy atom. The van der Waals surface area contributed by atoms with Crippen LogP contribution in [0.2, 0.25) is 0 Å². The van der Waals surface area contributed by atoms with Crippen molar-refractivity contribution in [1.82, 2.24) is 10.3 Å². The molecular formula is C19H33N5O2. The third-order valence-electron chi connectivity index (χ3n) is 4.42. The summed E-state index contributed by atoms with van der Waals surface area (Å²) >= 11 is 0. The average Bonchev–Trinajstić information content (AvgIpc) is 2.62. The summed E-state index contributed by atoms with van der Waals surface area (Å²) in [5, 5.41) is 15.4. The maximum Gasteiger partial charge on any atom is 0.306 e. The third-order valence-corrected chi connectivity index (χ3v) is 4.42. The van der Waals surface area contributed by atoms with Gasteiger partial charge in [-0.3, -0.25) is 9.78 Å². The number of amidine groups is 1. The lowest BCUT2D eigenvalue weighted by atomic mass is 9.94. The standard InChI is InChI=1S/C11H16N2.C8H17N3O2/c1-9-2-3-11(13-8-9)10-4-6-12-7-5-10;1-5(2)3-6(8(12)13)4-7(9)11-10/h2-3,8,10,12H,4-7H2,1H3;5-6H,3-4,10H2,1-2H3,(H2,9,11)(H,12,13). The summed E-state index contributed by atoms with van der Waals surface area (Å²) in [6.07, 6.45) is 5.25. The molecule has 2 rings (SSSR count). The Balaban J connectivity index is 0.000000260. The number of aryl methyl sites for hydroxylation is 1. The lowest BCUT2D eigenvalue weighted by molar-refractivity contribution is -0.142. The smallest absolute Gasteiger partial charge is 0.306 e. The Hall–Kier alpha value is -2.15. The van der Waals surface area contributed by atoms with Crippen LogP contribution in [0.25, 0.3) is 0 Å². The van der Waals surface area contributed by atoms with Crippen LogP contribution in [0.5, 0.6) is 0 Å². The Bertz CT molecular complexity index is 566. The number of rotatable bonds is 6. The van der Waals surface area contributed by atoms with Crippen LogP contribution < -0.4 is 16.9 Å². The topological polar surface area (TPSA) is 127 Å². The highest BCUT2D eigenvalue weighted by Gasteiger charge is 2.20. The van der Waals surface area contributed by atoms with E-state index in [9.17, 15) is 4.79 Å². The Morgan fingerprint density at radius 1 is 1.38 bits per heavy atom. The monoisotopic (exact) mass is 363 g/mol. The molecule has 1 aliphatic rings. The summed E-state index contributed by atoms with van der Waals surface area (Å²) in [7, 11) is 0. The van der Waals surface area contributed by atoms with Gasteiger partial charge in [0.15, 0.2) is 0 Å². The van der Waals surface area contributed by atoms with E-state index >= 15 is 0 Å². The van der Waals surface area contributed by atoms with E-state index in [2.05, 4.69) is 34.5 Å². The Kier molecular flexibility index (Phi) is 9.65. The molecule has 26 heavy (non-hydrogen) atoms. The second kappa shape index (κ2) is 11.5. The van der Waals surface area contributed by atoms with Crippen molar-refractivity contribution >= 4 is 11.8 Å². The maximum atomic E-state index is 10.7. The number of carbonyl (C=O) groups is 1. The van der Waals surface area contributed by atoms with Crippen molar-refractivity contribution in [1.29, 1.82) is 0 Å². The second-order valence-corrected chi connectivity index (χ2v) is 7.27. The molecule has 0 aliphatic carbocycles. The van der Waals surface area contributed by atoms with Crippen LogP contribution in [0.4, 0.5) is 0 Å². The largest absolute Gasteiger partial charge is 0.481 e. The van der Waals surface area contributed by atoms with Gasteiger partial charge in [0, 0.05) is 24.2 Å². The predicted octanol–water partition coefficient (Wildman–Crippen LogP) is 2.21. The van der Waals surface area contributed by atoms with E-state index in [1.807, 2.05) is 20.0 Å². The fraction of sp³-hybridized carbons (Fsp3) is 0.632. The highest BCUT2D eigenvalue weighted by atomic mass is 16.4. The number of nitrogens with one attached hydrogen (secondary N) is 1. The molecule has 7 nitrogen and oxygen atoms in total. The van der Waals surface area contributed by atoms with E-state index in [0.29, 0.717) is 18.3 Å². The normalized spacial score (nSPS) is 16.7. The Labute approximate surface area is 156 Å². The first kappa shape index (κ1) is 21.9. The molecule has 1 unspecified atom stereocenters. The molecule has 1 aromatic rings. The minimum absolute atomic E-state index is 0.188. The molecule has 146 valence electrons. The van der Waals surface area contributed by atoms with Gasteiger partial charge < -0.3 is 22.0 Å². The van der Waals surface area contributed by atoms with Gasteiger partial charge in [0.05, 0.1) is 5.92 Å². The van der Waals surface area contributed by atoms with Gasteiger partial charge in [-0.25, -0.2) is 0 Å². The summed E-state index contributed by atoms with van der Waals surface area (Å²) in [5.41, 5.74) is 7.87. The van der Waals surface area contributed by atoms with Crippen molar-refractivity contribution in [2.75, 3.05) is 13.1 Å². The van der Waals surface area contributed by atoms with Gasteiger partial charge in [-0.05, 0) is 56.8 Å². The highest BCUT2D eigenvalue weighted by molar-refractivity contribution is 5.84. The molecule has 0 saturated carbocycles. The molecule has 0 amide bonds. The lowest BCUT2D eigenvalue weighted by Gasteiger charge is -2.21. The number of aromatic nitrogens is 1. The van der Waals surface area contributed by atoms with E-state index in [-0.39, 0.29) is 12.3 Å². The molecule has 6 N–H and O–H groups in total. The first-order valence-corrected chi connectivity index (χ1v) is 9.21. The van der Waals surface area contributed by atoms with Gasteiger partial charge in [-0.15, -0.1) is 0 Å². The van der Waals surface area contributed by atoms with Crippen LogP contribution >= 0.6 is 0 Å². The van der Waals surface area contributed by atoms with Crippen molar-refractivity contribution in [2.45, 2.75) is 52.4 Å². The van der Waals surface area contributed by atoms with Crippen LogP contribution in [0.1, 0.15) is 56.7 Å². The summed E-state index contributed by atoms with van der Waals surface area (Å²) in [6.45, 7) is 8.29. The number of nitrogens with zero attached hydrogens (tertiary/aromatic N) is 2. The van der Waals surface area contributed by atoms with Crippen molar-refractivity contribution in [3.8, 4) is 0 Å². The molecule has 1 atom stereocenters. The van der Waals surface area contributed by atoms with Gasteiger partial charge in [-0.1, -0.05) is 19.9 Å². The zero-order valence-electron chi connectivity index (χ0n) is 16.1. The number of pyridine rings is 1. The molecule has 1 aliphatic heterocycles. The third kappa shape index (κ3) is 8.29. The number of piperidine rings is 1. The highest BCUT2D eigenvalue weighted by Crippen LogP contribution is 2.23. The maximum absolute atomic E-state index is 10.7. The van der Waals surface area contributed by atoms with Gasteiger partial charge in [0.25, 0.3) is 0 Å². The van der Waals surface area contributed by atoms with Gasteiger partial charge >= 0.3 is 5.97 Å². The molecule has 0 radical (unpaired) electrons. The molecule has 1 aromatic heterocycles. The molecular weight excluding hydrogens is 330 g/mol. The number of carboxylic acid groups (broad SMARTS) is 1. The lowest BCUT2D eigenvalue weighted by Crippen LogP contribution is -2.26. The van der Waals surface area contributed by atoms with Crippen LogP contribution in [0.15, 0.2) is 23.4 Å². The minimum Gasteiger partial charge on any atom is -0.481 e. The first-order chi connectivity index (χ1) is 12.3. The van der Waals surface area contributed by atoms with Gasteiger partial charge in [0.1, 0.15) is 5.84 Å². The molecule has 0 bridgehead atoms. The summed E-state index contributed by atoms with van der Waals surface area (Å²) < 4.78 is 0. The van der Waals surface area contributed by atoms with Crippen LogP contribution in [-0.2, 0) is 4.79 Å². The summed E-state index contributed by atoms with van der Waals surface area (Å²) in [4.78, 5) is 15.2. The van der Waals surface area contributed by atoms with E-state index in [4.69, 9.17) is 16.7 Å². The van der Waals surface area contributed by atoms with Gasteiger partial charge in [0.2, 0.25) is 0 Å². The molecule has 1 saturated heterocycles. The average molecular weight is 364 g/mol. The number of hydrogen-bond acceptors (Lipinski definition) is 5. The number of hydrazone groups is 1. The second-order valence-electron chi connectivity index (χ2n) is 7.27. The Morgan fingerprint density at radius 3 is 2.50 bits per heavy atom. The van der Waals surface area contributed by atoms with Crippen molar-refractivity contribution in [3.05, 3.63) is 29.6 Å². The van der Waals surface area contributed by atoms with Crippen molar-refractivity contribution < 1.29 is 9.90 Å². The van der Waals surface area contributed by atoms with E-state index in [1.165, 1.54) is 24.1 Å². The number of hydrogen-bond donors (Lipinski definition) is 4. The van der Waals surface area contributed by atoms with E-state index in [1.54, 1.807) is 0 Å². The van der Waals surface area contributed by atoms with Crippen LogP contribution in [0.3, 0.4) is 0 Å². The van der Waals surface area contributed by atoms with Crippen LogP contribution in [-0.4, -0.2) is 35.0 Å². The molecule has 7 heteroatoms. The van der Waals surface area contributed by atoms with Crippen molar-refractivity contribution in [3.63, 3.8) is 0 Å². The fourth-order valence-electron chi connectivity index (χ4n) is 2.98. The molecule has 0 aromatic carbocycles. The number of aliphatic carboxylic acids is 1. The number of carboxylic acids is 1. The first-order valence-electron chi connectivity index (χ1n) is 9.21. The predicted molar refractivity (Wildman–Crippen MR) is 105 cm³/mol. The van der Waals surface area contributed by atoms with Crippen molar-refractivity contribution in [2.24, 2.45) is 28.5 Å². The molecule has 0 spiro atoms. The minimum atomic E-state index is -0.847. The quantitative estimate of drug-likeness (QED) is 0.266. The zero-order valence-corrected chi connectivity index (χ0v) is 16.1. The van der Waals surface area contributed by atoms with Crippen LogP contribution in [0, 0.1) is 18.8 Å². The van der Waals surface area contributed by atoms with E-state index < -0.39 is 11.9 Å². The number of nitrogens with two attached hydrogens (primary N) is 2. The summed E-state index contributed by atoms with van der Waals surface area (Å²) in [6, 6.07) is 4.33.